The van der Waals surface area contributed by atoms with Crippen LogP contribution >= 0.6 is 0 Å². The molecule has 1 aromatic carbocycles. The van der Waals surface area contributed by atoms with Crippen LogP contribution in [-0.2, 0) is 0 Å². The van der Waals surface area contributed by atoms with Crippen LogP contribution in [0.1, 0.15) is 5.56 Å². The van der Waals surface area contributed by atoms with Crippen molar-refractivity contribution in [2.75, 3.05) is 13.2 Å². The maximum absolute atomic E-state index is 13.0. The molecule has 0 bridgehead atoms. The van der Waals surface area contributed by atoms with E-state index < -0.39 is 17.4 Å². The highest BCUT2D eigenvalue weighted by Gasteiger charge is 2.10. The quantitative estimate of drug-likeness (QED) is 0.781. The van der Waals surface area contributed by atoms with Crippen LogP contribution in [0.4, 0.5) is 8.78 Å². The zero-order chi connectivity index (χ0) is 9.84. The molecule has 0 aliphatic heterocycles. The second kappa shape index (κ2) is 4.18. The van der Waals surface area contributed by atoms with Crippen molar-refractivity contribution in [3.05, 3.63) is 29.3 Å². The maximum Gasteiger partial charge on any atom is 0.190 e. The molecule has 0 aliphatic rings. The summed E-state index contributed by atoms with van der Waals surface area (Å²) in [7, 11) is 0. The van der Waals surface area contributed by atoms with Crippen molar-refractivity contribution < 1.29 is 18.6 Å². The van der Waals surface area contributed by atoms with Gasteiger partial charge < -0.3 is 9.84 Å². The predicted octanol–water partition coefficient (Wildman–Crippen LogP) is 1.64. The van der Waals surface area contributed by atoms with Crippen molar-refractivity contribution in [3.63, 3.8) is 0 Å². The molecule has 0 unspecified atom stereocenters. The first kappa shape index (κ1) is 9.92. The fourth-order valence-electron chi connectivity index (χ4n) is 0.972. The summed E-state index contributed by atoms with van der Waals surface area (Å²) in [4.78, 5) is 0. The van der Waals surface area contributed by atoms with Gasteiger partial charge in [0, 0.05) is 0 Å². The van der Waals surface area contributed by atoms with Crippen LogP contribution < -0.4 is 4.74 Å². The first-order valence-corrected chi connectivity index (χ1v) is 3.84. The zero-order valence-corrected chi connectivity index (χ0v) is 7.18. The standard InChI is InChI=1S/C9H10F2O2/c1-6-4-7(10)9(8(11)5-6)13-3-2-12/h4-5,12H,2-3H2,1H3. The summed E-state index contributed by atoms with van der Waals surface area (Å²) in [6.07, 6.45) is 0. The fourth-order valence-corrected chi connectivity index (χ4v) is 0.972. The van der Waals surface area contributed by atoms with Crippen molar-refractivity contribution in [1.29, 1.82) is 0 Å². The number of ether oxygens (including phenoxy) is 1. The van der Waals surface area contributed by atoms with Crippen LogP contribution in [0, 0.1) is 18.6 Å². The number of rotatable bonds is 3. The minimum atomic E-state index is -0.744. The number of aliphatic hydroxyl groups is 1. The Kier molecular flexibility index (Phi) is 3.19. The van der Waals surface area contributed by atoms with Crippen LogP contribution in [-0.4, -0.2) is 18.3 Å². The van der Waals surface area contributed by atoms with Gasteiger partial charge in [0.15, 0.2) is 17.4 Å². The molecule has 0 heterocycles. The molecule has 0 aromatic heterocycles. The van der Waals surface area contributed by atoms with Gasteiger partial charge in [-0.05, 0) is 24.6 Å². The molecular formula is C9H10F2O2. The Morgan fingerprint density at radius 1 is 1.31 bits per heavy atom. The Morgan fingerprint density at radius 2 is 1.85 bits per heavy atom. The molecule has 0 fully saturated rings. The van der Waals surface area contributed by atoms with Gasteiger partial charge in [0.1, 0.15) is 6.61 Å². The van der Waals surface area contributed by atoms with Gasteiger partial charge in [0.2, 0.25) is 0 Å². The highest BCUT2D eigenvalue weighted by Crippen LogP contribution is 2.22. The Hall–Kier alpha value is -1.16. The third-order valence-electron chi connectivity index (χ3n) is 1.48. The number of halogens is 2. The van der Waals surface area contributed by atoms with E-state index in [4.69, 9.17) is 5.11 Å². The minimum Gasteiger partial charge on any atom is -0.485 e. The molecule has 0 amide bonds. The Bertz CT molecular complexity index is 277. The predicted molar refractivity (Wildman–Crippen MR) is 43.7 cm³/mol. The summed E-state index contributed by atoms with van der Waals surface area (Å²) in [5.41, 5.74) is 0.492. The molecule has 2 nitrogen and oxygen atoms in total. The minimum absolute atomic E-state index is 0.114. The Labute approximate surface area is 74.8 Å². The molecule has 4 heteroatoms. The summed E-state index contributed by atoms with van der Waals surface area (Å²) in [5.74, 6) is -1.92. The van der Waals surface area contributed by atoms with E-state index in [1.807, 2.05) is 0 Å². The molecule has 0 atom stereocenters. The van der Waals surface area contributed by atoms with Gasteiger partial charge in [-0.3, -0.25) is 0 Å². The lowest BCUT2D eigenvalue weighted by atomic mass is 10.2. The highest BCUT2D eigenvalue weighted by molar-refractivity contribution is 5.30. The normalized spacial score (nSPS) is 10.2. The van der Waals surface area contributed by atoms with Crippen molar-refractivity contribution in [3.8, 4) is 5.75 Å². The number of aliphatic hydroxyl groups excluding tert-OH is 1. The van der Waals surface area contributed by atoms with Gasteiger partial charge in [-0.2, -0.15) is 0 Å². The summed E-state index contributed by atoms with van der Waals surface area (Å²) in [5, 5.41) is 8.39. The van der Waals surface area contributed by atoms with Gasteiger partial charge in [0.05, 0.1) is 6.61 Å². The lowest BCUT2D eigenvalue weighted by Crippen LogP contribution is -2.05. The monoisotopic (exact) mass is 188 g/mol. The SMILES string of the molecule is Cc1cc(F)c(OCCO)c(F)c1. The van der Waals surface area contributed by atoms with Crippen LogP contribution in [0.15, 0.2) is 12.1 Å². The summed E-state index contributed by atoms with van der Waals surface area (Å²) in [6.45, 7) is 1.20. The van der Waals surface area contributed by atoms with Crippen LogP contribution in [0.2, 0.25) is 0 Å². The summed E-state index contributed by atoms with van der Waals surface area (Å²) in [6, 6.07) is 2.35. The third-order valence-corrected chi connectivity index (χ3v) is 1.48. The Balaban J connectivity index is 2.92. The number of hydrogen-bond donors (Lipinski definition) is 1. The molecule has 1 aromatic rings. The molecule has 0 aliphatic carbocycles. The van der Waals surface area contributed by atoms with Crippen LogP contribution in [0.3, 0.4) is 0 Å². The third kappa shape index (κ3) is 2.39. The number of aryl methyl sites for hydroxylation is 1. The van der Waals surface area contributed by atoms with Crippen LogP contribution in [0.5, 0.6) is 5.75 Å². The lowest BCUT2D eigenvalue weighted by Gasteiger charge is -2.07. The van der Waals surface area contributed by atoms with E-state index in [1.54, 1.807) is 6.92 Å². The van der Waals surface area contributed by atoms with E-state index in [0.29, 0.717) is 5.56 Å². The van der Waals surface area contributed by atoms with Gasteiger partial charge in [0.25, 0.3) is 0 Å². The van der Waals surface area contributed by atoms with E-state index >= 15 is 0 Å². The maximum atomic E-state index is 13.0. The van der Waals surface area contributed by atoms with E-state index in [-0.39, 0.29) is 13.2 Å². The molecular weight excluding hydrogens is 178 g/mol. The largest absolute Gasteiger partial charge is 0.485 e. The van der Waals surface area contributed by atoms with E-state index in [9.17, 15) is 8.78 Å². The number of benzene rings is 1. The summed E-state index contributed by atoms with van der Waals surface area (Å²) >= 11 is 0. The smallest absolute Gasteiger partial charge is 0.190 e. The van der Waals surface area contributed by atoms with Gasteiger partial charge in [-0.15, -0.1) is 0 Å². The summed E-state index contributed by atoms with van der Waals surface area (Å²) < 4.78 is 30.6. The van der Waals surface area contributed by atoms with E-state index in [1.165, 1.54) is 12.1 Å². The van der Waals surface area contributed by atoms with Gasteiger partial charge in [-0.25, -0.2) is 8.78 Å². The molecule has 0 saturated heterocycles. The van der Waals surface area contributed by atoms with Gasteiger partial charge in [-0.1, -0.05) is 0 Å². The molecule has 1 N–H and O–H groups in total. The molecule has 13 heavy (non-hydrogen) atoms. The molecule has 72 valence electrons. The molecule has 0 spiro atoms. The second-order valence-corrected chi connectivity index (χ2v) is 2.63. The van der Waals surface area contributed by atoms with Gasteiger partial charge >= 0.3 is 0 Å². The fraction of sp³-hybridized carbons (Fsp3) is 0.333. The lowest BCUT2D eigenvalue weighted by molar-refractivity contribution is 0.191. The zero-order valence-electron chi connectivity index (χ0n) is 7.18. The topological polar surface area (TPSA) is 29.5 Å². The van der Waals surface area contributed by atoms with Crippen molar-refractivity contribution in [2.45, 2.75) is 6.92 Å². The average molecular weight is 188 g/mol. The first-order valence-electron chi connectivity index (χ1n) is 3.84. The number of hydrogen-bond acceptors (Lipinski definition) is 2. The van der Waals surface area contributed by atoms with Crippen molar-refractivity contribution in [2.24, 2.45) is 0 Å². The second-order valence-electron chi connectivity index (χ2n) is 2.63. The van der Waals surface area contributed by atoms with Crippen molar-refractivity contribution in [1.82, 2.24) is 0 Å². The average Bonchev–Trinajstić information content (AvgIpc) is 2.02. The van der Waals surface area contributed by atoms with Crippen molar-refractivity contribution >= 4 is 0 Å². The van der Waals surface area contributed by atoms with Crippen LogP contribution in [0.25, 0.3) is 0 Å². The molecule has 0 radical (unpaired) electrons. The van der Waals surface area contributed by atoms with E-state index in [2.05, 4.69) is 4.74 Å². The van der Waals surface area contributed by atoms with E-state index in [0.717, 1.165) is 0 Å². The first-order chi connectivity index (χ1) is 6.15. The molecule has 1 rings (SSSR count). The highest BCUT2D eigenvalue weighted by atomic mass is 19.1. The molecule has 0 saturated carbocycles. The Morgan fingerprint density at radius 3 is 2.31 bits per heavy atom.